The van der Waals surface area contributed by atoms with E-state index < -0.39 is 0 Å². The van der Waals surface area contributed by atoms with E-state index in [1.807, 2.05) is 24.3 Å². The molecule has 0 heterocycles. The number of hydrogen-bond donors (Lipinski definition) is 2. The molecule has 4 heteroatoms. The summed E-state index contributed by atoms with van der Waals surface area (Å²) in [4.78, 5) is 0. The quantitative estimate of drug-likeness (QED) is 0.580. The predicted octanol–water partition coefficient (Wildman–Crippen LogP) is 1.52. The first kappa shape index (κ1) is 14.9. The van der Waals surface area contributed by atoms with Gasteiger partial charge in [-0.25, -0.2) is 0 Å². The lowest BCUT2D eigenvalue weighted by atomic mass is 10.2. The molecule has 0 amide bonds. The second-order valence-corrected chi connectivity index (χ2v) is 4.75. The highest BCUT2D eigenvalue weighted by Gasteiger charge is 1.95. The van der Waals surface area contributed by atoms with Gasteiger partial charge in [0, 0.05) is 17.9 Å². The summed E-state index contributed by atoms with van der Waals surface area (Å²) < 4.78 is 5.59. The molecule has 0 unspecified atom stereocenters. The first-order valence-corrected chi connectivity index (χ1v) is 7.03. The van der Waals surface area contributed by atoms with Gasteiger partial charge in [-0.05, 0) is 30.4 Å². The lowest BCUT2D eigenvalue weighted by molar-refractivity contribution is 0.296. The van der Waals surface area contributed by atoms with Crippen LogP contribution in [0.25, 0.3) is 0 Å². The monoisotopic (exact) mass is 266 g/mol. The van der Waals surface area contributed by atoms with Gasteiger partial charge >= 0.3 is 0 Å². The molecule has 0 fully saturated rings. The molecule has 0 aliphatic heterocycles. The SMILES string of the molecule is OCC#Cc1cccc(OCCSCCCO)c1. The number of aliphatic hydroxyl groups is 2. The van der Waals surface area contributed by atoms with Crippen LogP contribution in [0, 0.1) is 11.8 Å². The third kappa shape index (κ3) is 6.55. The zero-order chi connectivity index (χ0) is 13.1. The number of aliphatic hydroxyl groups excluding tert-OH is 2. The first-order chi connectivity index (χ1) is 8.86. The van der Waals surface area contributed by atoms with Crippen LogP contribution in [0.1, 0.15) is 12.0 Å². The van der Waals surface area contributed by atoms with Crippen LogP contribution < -0.4 is 4.74 Å². The van der Waals surface area contributed by atoms with E-state index in [1.165, 1.54) is 0 Å². The van der Waals surface area contributed by atoms with Crippen LogP contribution in [-0.2, 0) is 0 Å². The molecule has 0 aliphatic rings. The van der Waals surface area contributed by atoms with E-state index in [0.29, 0.717) is 6.61 Å². The van der Waals surface area contributed by atoms with Gasteiger partial charge < -0.3 is 14.9 Å². The Labute approximate surface area is 112 Å². The van der Waals surface area contributed by atoms with Crippen molar-refractivity contribution in [1.29, 1.82) is 0 Å². The number of thioether (sulfide) groups is 1. The molecule has 0 atom stereocenters. The third-order valence-electron chi connectivity index (χ3n) is 2.09. The van der Waals surface area contributed by atoms with Crippen molar-refractivity contribution in [3.8, 4) is 17.6 Å². The van der Waals surface area contributed by atoms with Crippen LogP contribution in [0.3, 0.4) is 0 Å². The van der Waals surface area contributed by atoms with E-state index in [9.17, 15) is 0 Å². The van der Waals surface area contributed by atoms with E-state index in [-0.39, 0.29) is 13.2 Å². The minimum atomic E-state index is -0.132. The minimum Gasteiger partial charge on any atom is -0.493 e. The molecular formula is C14H18O3S. The van der Waals surface area contributed by atoms with Gasteiger partial charge in [0.2, 0.25) is 0 Å². The van der Waals surface area contributed by atoms with Crippen LogP contribution in [0.4, 0.5) is 0 Å². The number of benzene rings is 1. The highest BCUT2D eigenvalue weighted by atomic mass is 32.2. The Kier molecular flexibility index (Phi) is 8.15. The Bertz CT molecular complexity index is 396. The van der Waals surface area contributed by atoms with Gasteiger partial charge in [0.1, 0.15) is 12.4 Å². The highest BCUT2D eigenvalue weighted by Crippen LogP contribution is 2.13. The Morgan fingerprint density at radius 1 is 1.22 bits per heavy atom. The van der Waals surface area contributed by atoms with Crippen LogP contribution in [-0.4, -0.2) is 41.5 Å². The van der Waals surface area contributed by atoms with Crippen molar-refractivity contribution < 1.29 is 14.9 Å². The molecule has 0 aromatic heterocycles. The Hall–Kier alpha value is -1.15. The maximum atomic E-state index is 8.63. The summed E-state index contributed by atoms with van der Waals surface area (Å²) in [6.45, 7) is 0.763. The Morgan fingerprint density at radius 3 is 2.89 bits per heavy atom. The maximum Gasteiger partial charge on any atom is 0.120 e. The van der Waals surface area contributed by atoms with Gasteiger partial charge in [0.15, 0.2) is 0 Å². The molecule has 3 nitrogen and oxygen atoms in total. The van der Waals surface area contributed by atoms with Crippen molar-refractivity contribution in [3.05, 3.63) is 29.8 Å². The summed E-state index contributed by atoms with van der Waals surface area (Å²) in [5, 5.41) is 17.2. The summed E-state index contributed by atoms with van der Waals surface area (Å²) in [5.41, 5.74) is 0.842. The first-order valence-electron chi connectivity index (χ1n) is 5.88. The summed E-state index contributed by atoms with van der Waals surface area (Å²) in [6, 6.07) is 7.52. The van der Waals surface area contributed by atoms with Crippen LogP contribution in [0.5, 0.6) is 5.75 Å². The van der Waals surface area contributed by atoms with Crippen LogP contribution >= 0.6 is 11.8 Å². The molecule has 0 aliphatic carbocycles. The van der Waals surface area contributed by atoms with Crippen molar-refractivity contribution >= 4 is 11.8 Å². The fourth-order valence-corrected chi connectivity index (χ4v) is 2.03. The molecule has 1 aromatic rings. The van der Waals surface area contributed by atoms with Gasteiger partial charge in [-0.3, -0.25) is 0 Å². The van der Waals surface area contributed by atoms with Gasteiger partial charge in [-0.2, -0.15) is 11.8 Å². The van der Waals surface area contributed by atoms with Crippen molar-refractivity contribution in [2.75, 3.05) is 31.3 Å². The average Bonchev–Trinajstić information content (AvgIpc) is 2.41. The van der Waals surface area contributed by atoms with Crippen molar-refractivity contribution in [2.45, 2.75) is 6.42 Å². The predicted molar refractivity (Wildman–Crippen MR) is 74.9 cm³/mol. The topological polar surface area (TPSA) is 49.7 Å². The molecule has 0 saturated carbocycles. The molecule has 0 radical (unpaired) electrons. The Balaban J connectivity index is 2.29. The van der Waals surface area contributed by atoms with E-state index in [2.05, 4.69) is 11.8 Å². The normalized spacial score (nSPS) is 9.67. The number of ether oxygens (including phenoxy) is 1. The van der Waals surface area contributed by atoms with E-state index in [1.54, 1.807) is 11.8 Å². The fourth-order valence-electron chi connectivity index (χ4n) is 1.29. The highest BCUT2D eigenvalue weighted by molar-refractivity contribution is 7.99. The molecular weight excluding hydrogens is 248 g/mol. The zero-order valence-corrected chi connectivity index (χ0v) is 11.1. The van der Waals surface area contributed by atoms with E-state index in [0.717, 1.165) is 29.2 Å². The van der Waals surface area contributed by atoms with Crippen LogP contribution in [0.2, 0.25) is 0 Å². The number of rotatable bonds is 7. The Morgan fingerprint density at radius 2 is 2.11 bits per heavy atom. The summed E-state index contributed by atoms with van der Waals surface area (Å²) in [6.07, 6.45) is 0.830. The third-order valence-corrected chi connectivity index (χ3v) is 3.12. The molecule has 0 saturated heterocycles. The maximum absolute atomic E-state index is 8.63. The van der Waals surface area contributed by atoms with Gasteiger partial charge in [0.25, 0.3) is 0 Å². The van der Waals surface area contributed by atoms with Gasteiger partial charge in [0.05, 0.1) is 6.61 Å². The summed E-state index contributed by atoms with van der Waals surface area (Å²) in [7, 11) is 0. The largest absolute Gasteiger partial charge is 0.493 e. The van der Waals surface area contributed by atoms with Gasteiger partial charge in [-0.15, -0.1) is 0 Å². The average molecular weight is 266 g/mol. The lowest BCUT2D eigenvalue weighted by Crippen LogP contribution is -2.01. The smallest absolute Gasteiger partial charge is 0.120 e. The molecule has 0 spiro atoms. The molecule has 98 valence electrons. The lowest BCUT2D eigenvalue weighted by Gasteiger charge is -2.06. The zero-order valence-electron chi connectivity index (χ0n) is 10.3. The molecule has 0 bridgehead atoms. The summed E-state index contributed by atoms with van der Waals surface area (Å²) in [5.74, 6) is 8.11. The molecule has 2 N–H and O–H groups in total. The molecule has 1 rings (SSSR count). The fraction of sp³-hybridized carbons (Fsp3) is 0.429. The van der Waals surface area contributed by atoms with Gasteiger partial charge in [-0.1, -0.05) is 17.9 Å². The minimum absolute atomic E-state index is 0.132. The summed E-state index contributed by atoms with van der Waals surface area (Å²) >= 11 is 1.77. The second-order valence-electron chi connectivity index (χ2n) is 3.53. The van der Waals surface area contributed by atoms with Crippen molar-refractivity contribution in [1.82, 2.24) is 0 Å². The van der Waals surface area contributed by atoms with Crippen molar-refractivity contribution in [3.63, 3.8) is 0 Å². The van der Waals surface area contributed by atoms with E-state index >= 15 is 0 Å². The van der Waals surface area contributed by atoms with Crippen molar-refractivity contribution in [2.24, 2.45) is 0 Å². The second kappa shape index (κ2) is 9.84. The molecule has 18 heavy (non-hydrogen) atoms. The van der Waals surface area contributed by atoms with E-state index in [4.69, 9.17) is 14.9 Å². The van der Waals surface area contributed by atoms with Crippen LogP contribution in [0.15, 0.2) is 24.3 Å². The standard InChI is InChI=1S/C14H18O3S/c15-7-2-5-13-4-1-6-14(12-13)17-9-11-18-10-3-8-16/h1,4,6,12,15-16H,3,7-11H2. The number of hydrogen-bond acceptors (Lipinski definition) is 4. The molecule has 1 aromatic carbocycles.